The van der Waals surface area contributed by atoms with E-state index in [9.17, 15) is 0 Å². The largest absolute Gasteiger partial charge is 0.361 e. The lowest BCUT2D eigenvalue weighted by molar-refractivity contribution is 0.863. The van der Waals surface area contributed by atoms with Gasteiger partial charge in [-0.15, -0.1) is 0 Å². The van der Waals surface area contributed by atoms with Crippen LogP contribution in [0, 0.1) is 0 Å². The van der Waals surface area contributed by atoms with Crippen molar-refractivity contribution in [2.75, 3.05) is 0 Å². The fourth-order valence-electron chi connectivity index (χ4n) is 2.33. The van der Waals surface area contributed by atoms with E-state index in [0.717, 1.165) is 10.9 Å². The van der Waals surface area contributed by atoms with Gasteiger partial charge in [0.2, 0.25) is 0 Å². The third-order valence-corrected chi connectivity index (χ3v) is 3.36. The molecule has 0 aliphatic heterocycles. The van der Waals surface area contributed by atoms with Gasteiger partial charge in [-0.05, 0) is 46.9 Å². The van der Waals surface area contributed by atoms with Crippen LogP contribution in [0.4, 0.5) is 0 Å². The monoisotopic (exact) mass is 251 g/mol. The molecule has 2 aromatic rings. The average molecular weight is 251 g/mol. The normalized spacial score (nSPS) is 13.3. The van der Waals surface area contributed by atoms with E-state index >= 15 is 0 Å². The minimum atomic E-state index is 0.504. The summed E-state index contributed by atoms with van der Waals surface area (Å²) >= 11 is 0. The molecule has 2 rings (SSSR count). The zero-order chi connectivity index (χ0) is 13.8. The van der Waals surface area contributed by atoms with Crippen LogP contribution < -0.4 is 10.6 Å². The van der Waals surface area contributed by atoms with E-state index in [1.807, 2.05) is 13.1 Å². The molecular weight excluding hydrogens is 230 g/mol. The molecule has 0 bridgehead atoms. The summed E-state index contributed by atoms with van der Waals surface area (Å²) in [6.07, 6.45) is 6.18. The SMILES string of the molecule is C=C(/C=c1/cc[nH]/c1=C/C)c1ccccc1C(C)C. The number of hydrogen-bond acceptors (Lipinski definition) is 0. The Bertz CT molecular complexity index is 686. The molecule has 1 aromatic heterocycles. The maximum Gasteiger partial charge on any atom is 0.0410 e. The van der Waals surface area contributed by atoms with Crippen LogP contribution in [0.2, 0.25) is 0 Å². The summed E-state index contributed by atoms with van der Waals surface area (Å²) in [4.78, 5) is 3.22. The van der Waals surface area contributed by atoms with Gasteiger partial charge in [0.15, 0.2) is 0 Å². The molecule has 0 atom stereocenters. The maximum absolute atomic E-state index is 4.23. The lowest BCUT2D eigenvalue weighted by Crippen LogP contribution is -2.21. The molecule has 0 amide bonds. The van der Waals surface area contributed by atoms with Crippen molar-refractivity contribution in [2.24, 2.45) is 0 Å². The summed E-state index contributed by atoms with van der Waals surface area (Å²) in [6, 6.07) is 10.6. The molecule has 1 N–H and O–H groups in total. The van der Waals surface area contributed by atoms with Gasteiger partial charge >= 0.3 is 0 Å². The fraction of sp³-hybridized carbons (Fsp3) is 0.222. The van der Waals surface area contributed by atoms with Crippen LogP contribution in [0.5, 0.6) is 0 Å². The van der Waals surface area contributed by atoms with Crippen LogP contribution in [0.3, 0.4) is 0 Å². The van der Waals surface area contributed by atoms with Crippen molar-refractivity contribution in [2.45, 2.75) is 26.7 Å². The molecule has 19 heavy (non-hydrogen) atoms. The second-order valence-electron chi connectivity index (χ2n) is 5.05. The van der Waals surface area contributed by atoms with Crippen LogP contribution in [0.1, 0.15) is 37.8 Å². The minimum Gasteiger partial charge on any atom is -0.361 e. The summed E-state index contributed by atoms with van der Waals surface area (Å²) in [7, 11) is 0. The summed E-state index contributed by atoms with van der Waals surface area (Å²) < 4.78 is 0. The Kier molecular flexibility index (Phi) is 4.06. The zero-order valence-corrected chi connectivity index (χ0v) is 11.9. The van der Waals surface area contributed by atoms with Gasteiger partial charge in [-0.3, -0.25) is 0 Å². The molecule has 0 aliphatic rings. The molecule has 0 radical (unpaired) electrons. The average Bonchev–Trinajstić information content (AvgIpc) is 2.85. The molecule has 0 saturated heterocycles. The molecule has 0 saturated carbocycles. The molecule has 98 valence electrons. The molecule has 1 heterocycles. The Balaban J connectivity index is 2.50. The first-order chi connectivity index (χ1) is 9.13. The van der Waals surface area contributed by atoms with Crippen molar-refractivity contribution in [1.29, 1.82) is 0 Å². The highest BCUT2D eigenvalue weighted by Crippen LogP contribution is 2.25. The first-order valence-electron chi connectivity index (χ1n) is 6.73. The highest BCUT2D eigenvalue weighted by molar-refractivity contribution is 5.88. The molecular formula is C18H21N. The molecule has 0 spiro atoms. The van der Waals surface area contributed by atoms with Crippen molar-refractivity contribution in [1.82, 2.24) is 4.98 Å². The quantitative estimate of drug-likeness (QED) is 0.860. The van der Waals surface area contributed by atoms with Crippen molar-refractivity contribution in [3.05, 3.63) is 64.8 Å². The third-order valence-electron chi connectivity index (χ3n) is 3.36. The van der Waals surface area contributed by atoms with Crippen LogP contribution in [0.25, 0.3) is 17.7 Å². The molecule has 0 aliphatic carbocycles. The number of aromatic nitrogens is 1. The Morgan fingerprint density at radius 2 is 1.95 bits per heavy atom. The van der Waals surface area contributed by atoms with Gasteiger partial charge in [-0.1, -0.05) is 50.8 Å². The lowest BCUT2D eigenvalue weighted by Gasteiger charge is -2.12. The van der Waals surface area contributed by atoms with E-state index in [-0.39, 0.29) is 0 Å². The highest BCUT2D eigenvalue weighted by Gasteiger charge is 2.06. The highest BCUT2D eigenvalue weighted by atomic mass is 14.6. The van der Waals surface area contributed by atoms with Gasteiger partial charge in [0.1, 0.15) is 0 Å². The fourth-order valence-corrected chi connectivity index (χ4v) is 2.33. The number of H-pyrrole nitrogens is 1. The molecule has 1 aromatic carbocycles. The summed E-state index contributed by atoms with van der Waals surface area (Å²) in [6.45, 7) is 10.7. The van der Waals surface area contributed by atoms with Gasteiger partial charge in [-0.25, -0.2) is 0 Å². The Labute approximate surface area is 115 Å². The molecule has 0 fully saturated rings. The molecule has 0 unspecified atom stereocenters. The Morgan fingerprint density at radius 1 is 1.21 bits per heavy atom. The topological polar surface area (TPSA) is 15.8 Å². The lowest BCUT2D eigenvalue weighted by atomic mass is 9.93. The van der Waals surface area contributed by atoms with Crippen molar-refractivity contribution < 1.29 is 0 Å². The van der Waals surface area contributed by atoms with E-state index in [4.69, 9.17) is 0 Å². The van der Waals surface area contributed by atoms with Crippen LogP contribution in [0.15, 0.2) is 43.1 Å². The first-order valence-corrected chi connectivity index (χ1v) is 6.73. The number of hydrogen-bond donors (Lipinski definition) is 1. The number of nitrogens with one attached hydrogen (secondary N) is 1. The van der Waals surface area contributed by atoms with Gasteiger partial charge in [-0.2, -0.15) is 0 Å². The van der Waals surface area contributed by atoms with Crippen LogP contribution >= 0.6 is 0 Å². The second kappa shape index (κ2) is 5.75. The summed E-state index contributed by atoms with van der Waals surface area (Å²) in [5.41, 5.74) is 3.65. The van der Waals surface area contributed by atoms with Gasteiger partial charge in [0.05, 0.1) is 0 Å². The van der Waals surface area contributed by atoms with E-state index < -0.39 is 0 Å². The Hall–Kier alpha value is -2.02. The van der Waals surface area contributed by atoms with E-state index in [2.05, 4.69) is 67.9 Å². The first kappa shape index (κ1) is 13.4. The zero-order valence-electron chi connectivity index (χ0n) is 11.9. The smallest absolute Gasteiger partial charge is 0.0410 e. The Morgan fingerprint density at radius 3 is 2.63 bits per heavy atom. The number of benzene rings is 1. The maximum atomic E-state index is 4.23. The standard InChI is InChI=1S/C18H21N/c1-5-18-15(10-11-19-18)12-14(4)17-9-7-6-8-16(17)13(2)3/h5-13,19H,4H2,1-3H3/b15-12-,18-5+. The molecule has 1 heteroatoms. The van der Waals surface area contributed by atoms with Gasteiger partial charge in [0, 0.05) is 11.5 Å². The van der Waals surface area contributed by atoms with E-state index in [1.165, 1.54) is 16.3 Å². The van der Waals surface area contributed by atoms with E-state index in [0.29, 0.717) is 5.92 Å². The third kappa shape index (κ3) is 2.87. The van der Waals surface area contributed by atoms with Crippen molar-refractivity contribution in [3.63, 3.8) is 0 Å². The van der Waals surface area contributed by atoms with E-state index in [1.54, 1.807) is 0 Å². The van der Waals surface area contributed by atoms with Crippen LogP contribution in [-0.2, 0) is 0 Å². The second-order valence-corrected chi connectivity index (χ2v) is 5.05. The van der Waals surface area contributed by atoms with Gasteiger partial charge in [0.25, 0.3) is 0 Å². The number of aromatic amines is 1. The molecule has 1 nitrogen and oxygen atoms in total. The van der Waals surface area contributed by atoms with Gasteiger partial charge < -0.3 is 4.98 Å². The minimum absolute atomic E-state index is 0.504. The van der Waals surface area contributed by atoms with Crippen molar-refractivity contribution in [3.8, 4) is 0 Å². The van der Waals surface area contributed by atoms with Crippen molar-refractivity contribution >= 4 is 17.7 Å². The number of allylic oxidation sites excluding steroid dienone is 1. The summed E-state index contributed by atoms with van der Waals surface area (Å²) in [5, 5.41) is 2.33. The predicted molar refractivity (Wildman–Crippen MR) is 84.2 cm³/mol. The summed E-state index contributed by atoms with van der Waals surface area (Å²) in [5.74, 6) is 0.504. The number of rotatable bonds is 3. The van der Waals surface area contributed by atoms with Crippen LogP contribution in [-0.4, -0.2) is 4.98 Å². The predicted octanol–water partition coefficient (Wildman–Crippen LogP) is 3.43.